The van der Waals surface area contributed by atoms with Gasteiger partial charge in [-0.25, -0.2) is 5.10 Å². The predicted octanol–water partition coefficient (Wildman–Crippen LogP) is 0.741. The van der Waals surface area contributed by atoms with E-state index >= 15 is 0 Å². The molecule has 0 unspecified atom stereocenters. The molecule has 0 saturated carbocycles. The summed E-state index contributed by atoms with van der Waals surface area (Å²) in [5.74, 6) is 0.669. The number of anilines is 1. The molecule has 1 saturated heterocycles. The molecule has 1 aromatic carbocycles. The SMILES string of the molecule is COc1ccc(N2CCN(C(=O)c3ccc(=O)[nH]n3)CC2)cc1. The van der Waals surface area contributed by atoms with Gasteiger partial charge in [-0.15, -0.1) is 0 Å². The number of hydrogen-bond donors (Lipinski definition) is 1. The number of aromatic amines is 1. The van der Waals surface area contributed by atoms with Crippen LogP contribution in [-0.2, 0) is 0 Å². The largest absolute Gasteiger partial charge is 0.497 e. The third-order valence-corrected chi connectivity index (χ3v) is 3.90. The number of methoxy groups -OCH3 is 1. The van der Waals surface area contributed by atoms with Gasteiger partial charge < -0.3 is 14.5 Å². The van der Waals surface area contributed by atoms with Crippen LogP contribution in [0.3, 0.4) is 0 Å². The predicted molar refractivity (Wildman–Crippen MR) is 86.0 cm³/mol. The summed E-state index contributed by atoms with van der Waals surface area (Å²) in [5.41, 5.74) is 1.06. The van der Waals surface area contributed by atoms with Gasteiger partial charge in [0.1, 0.15) is 11.4 Å². The third kappa shape index (κ3) is 3.33. The molecule has 2 heterocycles. The molecule has 2 aromatic rings. The second-order valence-corrected chi connectivity index (χ2v) is 5.28. The normalized spacial score (nSPS) is 14.7. The molecule has 0 atom stereocenters. The number of nitrogens with zero attached hydrogens (tertiary/aromatic N) is 3. The van der Waals surface area contributed by atoms with Crippen molar-refractivity contribution in [2.24, 2.45) is 0 Å². The highest BCUT2D eigenvalue weighted by atomic mass is 16.5. The number of rotatable bonds is 3. The summed E-state index contributed by atoms with van der Waals surface area (Å²) in [7, 11) is 1.64. The maximum Gasteiger partial charge on any atom is 0.274 e. The molecule has 1 fully saturated rings. The number of piperazine rings is 1. The second kappa shape index (κ2) is 6.51. The van der Waals surface area contributed by atoms with Crippen LogP contribution in [0.2, 0.25) is 0 Å². The van der Waals surface area contributed by atoms with E-state index in [0.717, 1.165) is 24.5 Å². The Morgan fingerprint density at radius 2 is 1.78 bits per heavy atom. The lowest BCUT2D eigenvalue weighted by Gasteiger charge is -2.36. The van der Waals surface area contributed by atoms with Crippen molar-refractivity contribution in [1.29, 1.82) is 0 Å². The number of nitrogens with one attached hydrogen (secondary N) is 1. The Labute approximate surface area is 133 Å². The zero-order chi connectivity index (χ0) is 16.2. The summed E-state index contributed by atoms with van der Waals surface area (Å²) >= 11 is 0. The van der Waals surface area contributed by atoms with E-state index in [1.165, 1.54) is 12.1 Å². The van der Waals surface area contributed by atoms with E-state index in [-0.39, 0.29) is 17.2 Å². The molecular formula is C16H18N4O3. The zero-order valence-electron chi connectivity index (χ0n) is 12.9. The first-order valence-electron chi connectivity index (χ1n) is 7.41. The molecule has 3 rings (SSSR count). The fourth-order valence-corrected chi connectivity index (χ4v) is 2.59. The molecule has 1 aromatic heterocycles. The molecule has 120 valence electrons. The molecule has 0 bridgehead atoms. The first kappa shape index (κ1) is 15.1. The molecule has 23 heavy (non-hydrogen) atoms. The maximum atomic E-state index is 12.3. The van der Waals surface area contributed by atoms with E-state index in [1.807, 2.05) is 24.3 Å². The lowest BCUT2D eigenvalue weighted by Crippen LogP contribution is -2.49. The number of carbonyl (C=O) groups is 1. The molecule has 7 heteroatoms. The maximum absolute atomic E-state index is 12.3. The van der Waals surface area contributed by atoms with Crippen molar-refractivity contribution in [3.63, 3.8) is 0 Å². The van der Waals surface area contributed by atoms with E-state index in [1.54, 1.807) is 12.0 Å². The van der Waals surface area contributed by atoms with Crippen LogP contribution in [0.4, 0.5) is 5.69 Å². The summed E-state index contributed by atoms with van der Waals surface area (Å²) < 4.78 is 5.16. The van der Waals surface area contributed by atoms with Crippen molar-refractivity contribution in [3.05, 3.63) is 52.4 Å². The molecule has 0 spiro atoms. The zero-order valence-corrected chi connectivity index (χ0v) is 12.9. The van der Waals surface area contributed by atoms with Crippen molar-refractivity contribution in [1.82, 2.24) is 15.1 Å². The fraction of sp³-hybridized carbons (Fsp3) is 0.312. The van der Waals surface area contributed by atoms with Gasteiger partial charge in [0.2, 0.25) is 0 Å². The minimum Gasteiger partial charge on any atom is -0.497 e. The van der Waals surface area contributed by atoms with Crippen molar-refractivity contribution < 1.29 is 9.53 Å². The topological polar surface area (TPSA) is 78.5 Å². The standard InChI is InChI=1S/C16H18N4O3/c1-23-13-4-2-12(3-5-13)19-8-10-20(11-9-19)16(22)14-6-7-15(21)18-17-14/h2-7H,8-11H2,1H3,(H,18,21). The van der Waals surface area contributed by atoms with Gasteiger partial charge in [-0.2, -0.15) is 5.10 Å². The summed E-state index contributed by atoms with van der Waals surface area (Å²) in [6.45, 7) is 2.74. The second-order valence-electron chi connectivity index (χ2n) is 5.28. The molecular weight excluding hydrogens is 296 g/mol. The van der Waals surface area contributed by atoms with Crippen molar-refractivity contribution in [3.8, 4) is 5.75 Å². The number of aromatic nitrogens is 2. The smallest absolute Gasteiger partial charge is 0.274 e. The Balaban J connectivity index is 1.62. The highest BCUT2D eigenvalue weighted by Crippen LogP contribution is 2.20. The Morgan fingerprint density at radius 3 is 2.35 bits per heavy atom. The number of amides is 1. The van der Waals surface area contributed by atoms with Gasteiger partial charge >= 0.3 is 0 Å². The molecule has 1 N–H and O–H groups in total. The summed E-state index contributed by atoms with van der Waals surface area (Å²) in [6.07, 6.45) is 0. The molecule has 7 nitrogen and oxygen atoms in total. The fourth-order valence-electron chi connectivity index (χ4n) is 2.59. The molecule has 1 aliphatic rings. The van der Waals surface area contributed by atoms with Crippen LogP contribution in [-0.4, -0.2) is 54.3 Å². The van der Waals surface area contributed by atoms with Gasteiger partial charge in [-0.05, 0) is 30.3 Å². The van der Waals surface area contributed by atoms with E-state index in [0.29, 0.717) is 13.1 Å². The Hall–Kier alpha value is -2.83. The van der Waals surface area contributed by atoms with Gasteiger partial charge in [0.05, 0.1) is 7.11 Å². The van der Waals surface area contributed by atoms with Crippen LogP contribution >= 0.6 is 0 Å². The lowest BCUT2D eigenvalue weighted by molar-refractivity contribution is 0.0739. The first-order valence-corrected chi connectivity index (χ1v) is 7.41. The van der Waals surface area contributed by atoms with Gasteiger partial charge in [0.25, 0.3) is 11.5 Å². The number of ether oxygens (including phenoxy) is 1. The monoisotopic (exact) mass is 314 g/mol. The van der Waals surface area contributed by atoms with Crippen LogP contribution < -0.4 is 15.2 Å². The Bertz CT molecular complexity index is 713. The van der Waals surface area contributed by atoms with Crippen LogP contribution in [0, 0.1) is 0 Å². The van der Waals surface area contributed by atoms with Crippen molar-refractivity contribution >= 4 is 11.6 Å². The number of carbonyl (C=O) groups excluding carboxylic acids is 1. The number of H-pyrrole nitrogens is 1. The lowest BCUT2D eigenvalue weighted by atomic mass is 10.2. The Morgan fingerprint density at radius 1 is 1.09 bits per heavy atom. The average molecular weight is 314 g/mol. The third-order valence-electron chi connectivity index (χ3n) is 3.90. The van der Waals surface area contributed by atoms with Gasteiger partial charge in [0, 0.05) is 37.9 Å². The number of hydrogen-bond acceptors (Lipinski definition) is 5. The van der Waals surface area contributed by atoms with Crippen LogP contribution in [0.1, 0.15) is 10.5 Å². The molecule has 1 amide bonds. The minimum atomic E-state index is -0.314. The van der Waals surface area contributed by atoms with Crippen molar-refractivity contribution in [2.75, 3.05) is 38.2 Å². The number of benzene rings is 1. The van der Waals surface area contributed by atoms with E-state index in [4.69, 9.17) is 4.74 Å². The summed E-state index contributed by atoms with van der Waals surface area (Å²) in [6, 6.07) is 10.7. The molecule has 0 radical (unpaired) electrons. The Kier molecular flexibility index (Phi) is 4.27. The van der Waals surface area contributed by atoms with Crippen LogP contribution in [0.5, 0.6) is 5.75 Å². The highest BCUT2D eigenvalue weighted by molar-refractivity contribution is 5.92. The van der Waals surface area contributed by atoms with Crippen LogP contribution in [0.25, 0.3) is 0 Å². The van der Waals surface area contributed by atoms with Crippen molar-refractivity contribution in [2.45, 2.75) is 0 Å². The van der Waals surface area contributed by atoms with E-state index in [9.17, 15) is 9.59 Å². The van der Waals surface area contributed by atoms with Crippen LogP contribution in [0.15, 0.2) is 41.2 Å². The quantitative estimate of drug-likeness (QED) is 0.904. The first-order chi connectivity index (χ1) is 11.2. The van der Waals surface area contributed by atoms with Gasteiger partial charge in [-0.1, -0.05) is 0 Å². The summed E-state index contributed by atoms with van der Waals surface area (Å²) in [5, 5.41) is 6.08. The molecule has 0 aliphatic carbocycles. The van der Waals surface area contributed by atoms with Gasteiger partial charge in [0.15, 0.2) is 0 Å². The van der Waals surface area contributed by atoms with Gasteiger partial charge in [-0.3, -0.25) is 9.59 Å². The van der Waals surface area contributed by atoms with E-state index in [2.05, 4.69) is 15.1 Å². The van der Waals surface area contributed by atoms with E-state index < -0.39 is 0 Å². The molecule has 1 aliphatic heterocycles. The average Bonchev–Trinajstić information content (AvgIpc) is 2.62. The highest BCUT2D eigenvalue weighted by Gasteiger charge is 2.23. The minimum absolute atomic E-state index is 0.157. The summed E-state index contributed by atoms with van der Waals surface area (Å²) in [4.78, 5) is 27.3.